The lowest BCUT2D eigenvalue weighted by atomic mass is 10.1. The van der Waals surface area contributed by atoms with Crippen molar-refractivity contribution in [1.82, 2.24) is 9.78 Å². The van der Waals surface area contributed by atoms with Crippen molar-refractivity contribution in [3.8, 4) is 0 Å². The monoisotopic (exact) mass is 276 g/mol. The maximum absolute atomic E-state index is 11.1. The van der Waals surface area contributed by atoms with Crippen LogP contribution in [0.3, 0.4) is 0 Å². The first-order valence-electron chi connectivity index (χ1n) is 5.81. The summed E-state index contributed by atoms with van der Waals surface area (Å²) in [4.78, 5) is 21.1. The first-order chi connectivity index (χ1) is 9.58. The van der Waals surface area contributed by atoms with Gasteiger partial charge in [0.25, 0.3) is 5.69 Å². The molecular weight excluding hydrogens is 264 g/mol. The predicted molar refractivity (Wildman–Crippen MR) is 70.8 cm³/mol. The molecule has 0 aliphatic heterocycles. The number of anilines is 1. The van der Waals surface area contributed by atoms with E-state index in [-0.39, 0.29) is 11.3 Å². The highest BCUT2D eigenvalue weighted by molar-refractivity contribution is 5.95. The molecule has 20 heavy (non-hydrogen) atoms. The summed E-state index contributed by atoms with van der Waals surface area (Å²) in [5.41, 5.74) is -0.0325. The second-order valence-corrected chi connectivity index (χ2v) is 3.99. The second-order valence-electron chi connectivity index (χ2n) is 3.99. The third-order valence-electron chi connectivity index (χ3n) is 2.66. The number of carboxylic acids is 1. The molecule has 0 radical (unpaired) electrons. The van der Waals surface area contributed by atoms with Crippen LogP contribution in [-0.2, 0) is 6.54 Å². The molecule has 0 saturated heterocycles. The molecule has 8 heteroatoms. The standard InChI is InChI=1S/C12H12N4O4/c17-12(18)10-8-9(16(19)20)2-3-11(10)13-5-7-15-6-1-4-14-15/h1-4,6,8,13H,5,7H2,(H,17,18). The zero-order valence-corrected chi connectivity index (χ0v) is 10.4. The quantitative estimate of drug-likeness (QED) is 0.612. The van der Waals surface area contributed by atoms with E-state index in [0.717, 1.165) is 6.07 Å². The first kappa shape index (κ1) is 13.5. The molecular formula is C12H12N4O4. The van der Waals surface area contributed by atoms with Gasteiger partial charge in [0.15, 0.2) is 0 Å². The van der Waals surface area contributed by atoms with Gasteiger partial charge in [-0.1, -0.05) is 0 Å². The highest BCUT2D eigenvalue weighted by Gasteiger charge is 2.15. The minimum absolute atomic E-state index is 0.125. The summed E-state index contributed by atoms with van der Waals surface area (Å²) in [6.07, 6.45) is 3.43. The fourth-order valence-corrected chi connectivity index (χ4v) is 1.71. The summed E-state index contributed by atoms with van der Waals surface area (Å²) in [7, 11) is 0. The molecule has 0 fully saturated rings. The number of aromatic nitrogens is 2. The lowest BCUT2D eigenvalue weighted by Gasteiger charge is -2.09. The van der Waals surface area contributed by atoms with Crippen LogP contribution in [0.25, 0.3) is 0 Å². The van der Waals surface area contributed by atoms with Gasteiger partial charge in [-0.15, -0.1) is 0 Å². The number of aromatic carboxylic acids is 1. The van der Waals surface area contributed by atoms with Gasteiger partial charge in [0.2, 0.25) is 0 Å². The molecule has 1 aromatic carbocycles. The summed E-state index contributed by atoms with van der Waals surface area (Å²) >= 11 is 0. The van der Waals surface area contributed by atoms with Gasteiger partial charge in [0.1, 0.15) is 0 Å². The van der Waals surface area contributed by atoms with Crippen molar-refractivity contribution in [2.45, 2.75) is 6.54 Å². The molecule has 0 amide bonds. The van der Waals surface area contributed by atoms with Crippen molar-refractivity contribution in [2.75, 3.05) is 11.9 Å². The molecule has 2 N–H and O–H groups in total. The third-order valence-corrected chi connectivity index (χ3v) is 2.66. The number of carbonyl (C=O) groups is 1. The fraction of sp³-hybridized carbons (Fsp3) is 0.167. The van der Waals surface area contributed by atoms with E-state index in [1.165, 1.54) is 12.1 Å². The number of nitrogens with zero attached hydrogens (tertiary/aromatic N) is 3. The minimum atomic E-state index is -1.21. The highest BCUT2D eigenvalue weighted by atomic mass is 16.6. The molecule has 0 aliphatic rings. The summed E-state index contributed by atoms with van der Waals surface area (Å²) in [6, 6.07) is 5.49. The number of carboxylic acid groups (broad SMARTS) is 1. The molecule has 1 aromatic heterocycles. The summed E-state index contributed by atoms with van der Waals surface area (Å²) in [6.45, 7) is 1.02. The Labute approximate surface area is 113 Å². The molecule has 8 nitrogen and oxygen atoms in total. The summed E-state index contributed by atoms with van der Waals surface area (Å²) in [5.74, 6) is -1.21. The number of nitro groups is 1. The molecule has 1 heterocycles. The third kappa shape index (κ3) is 3.10. The molecule has 104 valence electrons. The average Bonchev–Trinajstić information content (AvgIpc) is 2.91. The zero-order valence-electron chi connectivity index (χ0n) is 10.4. The normalized spacial score (nSPS) is 10.2. The van der Waals surface area contributed by atoms with Crippen LogP contribution in [0.15, 0.2) is 36.7 Å². The Bertz CT molecular complexity index is 624. The van der Waals surface area contributed by atoms with Crippen LogP contribution < -0.4 is 5.32 Å². The fourth-order valence-electron chi connectivity index (χ4n) is 1.71. The van der Waals surface area contributed by atoms with E-state index in [1.807, 2.05) is 0 Å². The second kappa shape index (κ2) is 5.83. The van der Waals surface area contributed by atoms with Crippen LogP contribution in [0.2, 0.25) is 0 Å². The number of non-ortho nitro benzene ring substituents is 1. The topological polar surface area (TPSA) is 110 Å². The van der Waals surface area contributed by atoms with Crippen molar-refractivity contribution in [2.24, 2.45) is 0 Å². The van der Waals surface area contributed by atoms with Crippen molar-refractivity contribution in [1.29, 1.82) is 0 Å². The lowest BCUT2D eigenvalue weighted by molar-refractivity contribution is -0.384. The molecule has 0 atom stereocenters. The van der Waals surface area contributed by atoms with E-state index < -0.39 is 10.9 Å². The molecule has 2 aromatic rings. The van der Waals surface area contributed by atoms with Crippen molar-refractivity contribution in [3.05, 3.63) is 52.3 Å². The Hall–Kier alpha value is -2.90. The van der Waals surface area contributed by atoms with Gasteiger partial charge >= 0.3 is 5.97 Å². The number of hydrogen-bond donors (Lipinski definition) is 2. The number of hydrogen-bond acceptors (Lipinski definition) is 5. The van der Waals surface area contributed by atoms with Gasteiger partial charge in [-0.3, -0.25) is 14.8 Å². The molecule has 0 saturated carbocycles. The number of nitro benzene ring substituents is 1. The molecule has 0 unspecified atom stereocenters. The van der Waals surface area contributed by atoms with Crippen molar-refractivity contribution in [3.63, 3.8) is 0 Å². The smallest absolute Gasteiger partial charge is 0.338 e. The Balaban J connectivity index is 2.10. The van der Waals surface area contributed by atoms with E-state index in [2.05, 4.69) is 10.4 Å². The van der Waals surface area contributed by atoms with Crippen molar-refractivity contribution < 1.29 is 14.8 Å². The Morgan fingerprint density at radius 2 is 2.30 bits per heavy atom. The van der Waals surface area contributed by atoms with Crippen molar-refractivity contribution >= 4 is 17.3 Å². The van der Waals surface area contributed by atoms with Gasteiger partial charge in [-0.05, 0) is 12.1 Å². The van der Waals surface area contributed by atoms with Crippen LogP contribution in [0.1, 0.15) is 10.4 Å². The Morgan fingerprint density at radius 1 is 1.50 bits per heavy atom. The Kier molecular flexibility index (Phi) is 3.94. The first-order valence-corrected chi connectivity index (χ1v) is 5.81. The van der Waals surface area contributed by atoms with Crippen LogP contribution in [0.4, 0.5) is 11.4 Å². The molecule has 0 spiro atoms. The summed E-state index contributed by atoms with van der Waals surface area (Å²) in [5, 5.41) is 26.7. The van der Waals surface area contributed by atoms with E-state index in [4.69, 9.17) is 5.11 Å². The van der Waals surface area contributed by atoms with Gasteiger partial charge in [-0.2, -0.15) is 5.10 Å². The number of nitrogens with one attached hydrogen (secondary N) is 1. The van der Waals surface area contributed by atoms with E-state index in [0.29, 0.717) is 18.8 Å². The van der Waals surface area contributed by atoms with Gasteiger partial charge < -0.3 is 10.4 Å². The minimum Gasteiger partial charge on any atom is -0.478 e. The predicted octanol–water partition coefficient (Wildman–Crippen LogP) is 1.60. The van der Waals surface area contributed by atoms with Gasteiger partial charge in [-0.25, -0.2) is 4.79 Å². The zero-order chi connectivity index (χ0) is 14.5. The van der Waals surface area contributed by atoms with E-state index >= 15 is 0 Å². The maximum atomic E-state index is 11.1. The highest BCUT2D eigenvalue weighted by Crippen LogP contribution is 2.22. The van der Waals surface area contributed by atoms with Gasteiger partial charge in [0, 0.05) is 36.8 Å². The summed E-state index contributed by atoms with van der Waals surface area (Å²) < 4.78 is 1.69. The SMILES string of the molecule is O=C(O)c1cc([N+](=O)[O-])ccc1NCCn1cccn1. The van der Waals surface area contributed by atoms with Crippen LogP contribution in [0.5, 0.6) is 0 Å². The lowest BCUT2D eigenvalue weighted by Crippen LogP contribution is -2.13. The molecule has 0 bridgehead atoms. The van der Waals surface area contributed by atoms with Crippen LogP contribution in [-0.4, -0.2) is 32.3 Å². The van der Waals surface area contributed by atoms with E-state index in [1.54, 1.807) is 23.1 Å². The van der Waals surface area contributed by atoms with Crippen LogP contribution >= 0.6 is 0 Å². The average molecular weight is 276 g/mol. The maximum Gasteiger partial charge on any atom is 0.338 e. The Morgan fingerprint density at radius 3 is 2.90 bits per heavy atom. The molecule has 2 rings (SSSR count). The molecule has 0 aliphatic carbocycles. The van der Waals surface area contributed by atoms with Gasteiger partial charge in [0.05, 0.1) is 17.0 Å². The van der Waals surface area contributed by atoms with E-state index in [9.17, 15) is 14.9 Å². The number of rotatable bonds is 6. The largest absolute Gasteiger partial charge is 0.478 e. The number of benzene rings is 1. The van der Waals surface area contributed by atoms with Crippen LogP contribution in [0, 0.1) is 10.1 Å².